The van der Waals surface area contributed by atoms with E-state index in [9.17, 15) is 0 Å². The van der Waals surface area contributed by atoms with Crippen LogP contribution in [0.2, 0.25) is 0 Å². The summed E-state index contributed by atoms with van der Waals surface area (Å²) in [7, 11) is 3.29. The summed E-state index contributed by atoms with van der Waals surface area (Å²) >= 11 is 3.50. The Kier molecular flexibility index (Phi) is 3.60. The van der Waals surface area contributed by atoms with Gasteiger partial charge in [0.2, 0.25) is 0 Å². The summed E-state index contributed by atoms with van der Waals surface area (Å²) in [5.74, 6) is 1.57. The molecule has 72 valence electrons. The van der Waals surface area contributed by atoms with Crippen molar-refractivity contribution in [3.63, 3.8) is 0 Å². The number of hydrogen-bond donors (Lipinski definition) is 0. The zero-order chi connectivity index (χ0) is 9.84. The van der Waals surface area contributed by atoms with Gasteiger partial charge in [-0.05, 0) is 13.0 Å². The molecule has 0 bridgehead atoms. The first-order valence-corrected chi connectivity index (χ1v) is 4.97. The summed E-state index contributed by atoms with van der Waals surface area (Å²) in [6, 6.07) is 5.85. The SMILES string of the molecule is COc1cccc(C(C)Br)c1OC. The van der Waals surface area contributed by atoms with Crippen LogP contribution in [0.25, 0.3) is 0 Å². The molecule has 0 aliphatic rings. The van der Waals surface area contributed by atoms with Crippen molar-refractivity contribution in [2.24, 2.45) is 0 Å². The van der Waals surface area contributed by atoms with E-state index in [0.717, 1.165) is 17.1 Å². The van der Waals surface area contributed by atoms with Gasteiger partial charge >= 0.3 is 0 Å². The number of methoxy groups -OCH3 is 2. The van der Waals surface area contributed by atoms with E-state index < -0.39 is 0 Å². The average Bonchev–Trinajstić information content (AvgIpc) is 2.16. The van der Waals surface area contributed by atoms with Crippen LogP contribution in [0, 0.1) is 0 Å². The molecule has 0 radical (unpaired) electrons. The maximum absolute atomic E-state index is 5.27. The minimum Gasteiger partial charge on any atom is -0.493 e. The molecule has 0 heterocycles. The summed E-state index contributed by atoms with van der Waals surface area (Å²) in [6.45, 7) is 2.05. The van der Waals surface area contributed by atoms with E-state index in [1.807, 2.05) is 18.2 Å². The van der Waals surface area contributed by atoms with Crippen molar-refractivity contribution < 1.29 is 9.47 Å². The monoisotopic (exact) mass is 244 g/mol. The summed E-state index contributed by atoms with van der Waals surface area (Å²) < 4.78 is 10.5. The Bertz CT molecular complexity index is 284. The predicted molar refractivity (Wildman–Crippen MR) is 56.9 cm³/mol. The van der Waals surface area contributed by atoms with Crippen LogP contribution in [0.3, 0.4) is 0 Å². The van der Waals surface area contributed by atoms with Crippen LogP contribution in [0.4, 0.5) is 0 Å². The van der Waals surface area contributed by atoms with Gasteiger partial charge < -0.3 is 9.47 Å². The van der Waals surface area contributed by atoms with Crippen LogP contribution in [0.15, 0.2) is 18.2 Å². The first-order chi connectivity index (χ1) is 6.20. The summed E-state index contributed by atoms with van der Waals surface area (Å²) in [6.07, 6.45) is 0. The lowest BCUT2D eigenvalue weighted by Gasteiger charge is -2.13. The number of hydrogen-bond acceptors (Lipinski definition) is 2. The molecule has 0 saturated heterocycles. The molecule has 0 aliphatic heterocycles. The van der Waals surface area contributed by atoms with E-state index in [1.54, 1.807) is 14.2 Å². The largest absolute Gasteiger partial charge is 0.493 e. The van der Waals surface area contributed by atoms with Crippen molar-refractivity contribution in [2.75, 3.05) is 14.2 Å². The van der Waals surface area contributed by atoms with Gasteiger partial charge in [-0.2, -0.15) is 0 Å². The second-order valence-electron chi connectivity index (χ2n) is 2.70. The summed E-state index contributed by atoms with van der Waals surface area (Å²) in [5, 5.41) is 0. The fraction of sp³-hybridized carbons (Fsp3) is 0.400. The number of alkyl halides is 1. The molecule has 0 aliphatic carbocycles. The number of rotatable bonds is 3. The van der Waals surface area contributed by atoms with Crippen LogP contribution in [0.1, 0.15) is 17.3 Å². The van der Waals surface area contributed by atoms with Crippen molar-refractivity contribution >= 4 is 15.9 Å². The highest BCUT2D eigenvalue weighted by Gasteiger charge is 2.12. The quantitative estimate of drug-likeness (QED) is 0.761. The predicted octanol–water partition coefficient (Wildman–Crippen LogP) is 3.16. The van der Waals surface area contributed by atoms with Gasteiger partial charge in [-0.25, -0.2) is 0 Å². The van der Waals surface area contributed by atoms with Crippen LogP contribution in [-0.2, 0) is 0 Å². The Labute approximate surface area is 87.0 Å². The minimum absolute atomic E-state index is 0.262. The molecular formula is C10H13BrO2. The molecule has 3 heteroatoms. The first-order valence-electron chi connectivity index (χ1n) is 4.05. The molecule has 0 saturated carbocycles. The highest BCUT2D eigenvalue weighted by Crippen LogP contribution is 2.37. The van der Waals surface area contributed by atoms with Gasteiger partial charge in [0.25, 0.3) is 0 Å². The van der Waals surface area contributed by atoms with Gasteiger partial charge in [0.15, 0.2) is 11.5 Å². The topological polar surface area (TPSA) is 18.5 Å². The van der Waals surface area contributed by atoms with Crippen LogP contribution >= 0.6 is 15.9 Å². The van der Waals surface area contributed by atoms with Gasteiger partial charge in [-0.3, -0.25) is 0 Å². The molecule has 1 rings (SSSR count). The Balaban J connectivity index is 3.19. The summed E-state index contributed by atoms with van der Waals surface area (Å²) in [4.78, 5) is 0.262. The molecule has 1 aromatic carbocycles. The van der Waals surface area contributed by atoms with E-state index in [4.69, 9.17) is 9.47 Å². The maximum atomic E-state index is 5.27. The number of halogens is 1. The van der Waals surface area contributed by atoms with E-state index in [-0.39, 0.29) is 4.83 Å². The zero-order valence-electron chi connectivity index (χ0n) is 8.00. The average molecular weight is 245 g/mol. The van der Waals surface area contributed by atoms with Gasteiger partial charge in [0.1, 0.15) is 0 Å². The van der Waals surface area contributed by atoms with E-state index in [2.05, 4.69) is 22.9 Å². The van der Waals surface area contributed by atoms with Crippen molar-refractivity contribution in [3.05, 3.63) is 23.8 Å². The molecule has 0 fully saturated rings. The number of para-hydroxylation sites is 1. The second kappa shape index (κ2) is 4.51. The maximum Gasteiger partial charge on any atom is 0.165 e. The molecule has 13 heavy (non-hydrogen) atoms. The van der Waals surface area contributed by atoms with Gasteiger partial charge in [0, 0.05) is 10.4 Å². The van der Waals surface area contributed by atoms with Crippen LogP contribution in [0.5, 0.6) is 11.5 Å². The molecule has 0 amide bonds. The molecule has 1 unspecified atom stereocenters. The van der Waals surface area contributed by atoms with Gasteiger partial charge in [-0.15, -0.1) is 0 Å². The molecule has 0 aromatic heterocycles. The molecule has 0 spiro atoms. The summed E-state index contributed by atoms with van der Waals surface area (Å²) in [5.41, 5.74) is 1.10. The highest BCUT2D eigenvalue weighted by atomic mass is 79.9. The molecular weight excluding hydrogens is 232 g/mol. The normalized spacial score (nSPS) is 12.3. The lowest BCUT2D eigenvalue weighted by Crippen LogP contribution is -1.95. The Morgan fingerprint density at radius 3 is 2.38 bits per heavy atom. The number of benzene rings is 1. The first kappa shape index (κ1) is 10.4. The lowest BCUT2D eigenvalue weighted by atomic mass is 10.1. The van der Waals surface area contributed by atoms with Gasteiger partial charge in [0.05, 0.1) is 14.2 Å². The third kappa shape index (κ3) is 2.15. The standard InChI is InChI=1S/C10H13BrO2/c1-7(11)8-5-4-6-9(12-2)10(8)13-3/h4-7H,1-3H3. The molecule has 1 atom stereocenters. The fourth-order valence-corrected chi connectivity index (χ4v) is 1.59. The highest BCUT2D eigenvalue weighted by molar-refractivity contribution is 9.09. The van der Waals surface area contributed by atoms with Crippen LogP contribution < -0.4 is 9.47 Å². The van der Waals surface area contributed by atoms with E-state index >= 15 is 0 Å². The molecule has 2 nitrogen and oxygen atoms in total. The molecule has 0 N–H and O–H groups in total. The van der Waals surface area contributed by atoms with Crippen molar-refractivity contribution in [2.45, 2.75) is 11.8 Å². The van der Waals surface area contributed by atoms with Crippen molar-refractivity contribution in [1.82, 2.24) is 0 Å². The second-order valence-corrected chi connectivity index (χ2v) is 4.07. The molecule has 1 aromatic rings. The van der Waals surface area contributed by atoms with Gasteiger partial charge in [-0.1, -0.05) is 28.1 Å². The lowest BCUT2D eigenvalue weighted by molar-refractivity contribution is 0.352. The van der Waals surface area contributed by atoms with E-state index in [1.165, 1.54) is 0 Å². The Morgan fingerprint density at radius 1 is 1.23 bits per heavy atom. The number of ether oxygens (including phenoxy) is 2. The fourth-order valence-electron chi connectivity index (χ4n) is 1.23. The van der Waals surface area contributed by atoms with Crippen molar-refractivity contribution in [1.29, 1.82) is 0 Å². The van der Waals surface area contributed by atoms with E-state index in [0.29, 0.717) is 0 Å². The minimum atomic E-state index is 0.262. The Hall–Kier alpha value is -0.700. The third-order valence-corrected chi connectivity index (χ3v) is 2.36. The smallest absolute Gasteiger partial charge is 0.165 e. The third-order valence-electron chi connectivity index (χ3n) is 1.86. The zero-order valence-corrected chi connectivity index (χ0v) is 9.59. The van der Waals surface area contributed by atoms with Crippen LogP contribution in [-0.4, -0.2) is 14.2 Å². The Morgan fingerprint density at radius 2 is 1.92 bits per heavy atom. The van der Waals surface area contributed by atoms with Crippen molar-refractivity contribution in [3.8, 4) is 11.5 Å².